The van der Waals surface area contributed by atoms with Crippen molar-refractivity contribution in [3.8, 4) is 11.5 Å². The number of hydrogen-bond acceptors (Lipinski definition) is 5. The quantitative estimate of drug-likeness (QED) is 0.820. The van der Waals surface area contributed by atoms with E-state index in [0.29, 0.717) is 12.2 Å². The summed E-state index contributed by atoms with van der Waals surface area (Å²) in [5, 5.41) is 3.16. The number of nitrogens with one attached hydrogen (secondary N) is 1. The minimum Gasteiger partial charge on any atom is -0.492 e. The number of carbonyl (C=O) groups is 1. The average Bonchev–Trinajstić information content (AvgIpc) is 2.94. The molecule has 7 heteroatoms. The van der Waals surface area contributed by atoms with Gasteiger partial charge in [0.05, 0.1) is 37.2 Å². The number of anilines is 1. The lowest BCUT2D eigenvalue weighted by atomic mass is 10.1. The third-order valence-electron chi connectivity index (χ3n) is 2.76. The van der Waals surface area contributed by atoms with Crippen LogP contribution in [0.2, 0.25) is 5.02 Å². The first kappa shape index (κ1) is 13.4. The van der Waals surface area contributed by atoms with Crippen molar-refractivity contribution in [1.29, 1.82) is 0 Å². The molecule has 2 rings (SSSR count). The van der Waals surface area contributed by atoms with Crippen molar-refractivity contribution in [2.75, 3.05) is 26.6 Å². The predicted molar refractivity (Wildman–Crippen MR) is 72.3 cm³/mol. The van der Waals surface area contributed by atoms with Crippen LogP contribution in [0.1, 0.15) is 10.4 Å². The maximum atomic E-state index is 12.4. The molecule has 0 fully saturated rings. The van der Waals surface area contributed by atoms with Gasteiger partial charge < -0.3 is 20.5 Å². The maximum absolute atomic E-state index is 12.4. The molecular formula is C12H14ClN3O3. The van der Waals surface area contributed by atoms with Crippen LogP contribution in [0.25, 0.3) is 0 Å². The van der Waals surface area contributed by atoms with E-state index in [0.717, 1.165) is 0 Å². The standard InChI is InChI=1S/C12H14ClN3O3/c1-18-10-7(12(17)16-4-3-15-6-16)5-8(13)9(14)11(10)19-2/h3-5,15H,6,14H2,1-2H3. The highest BCUT2D eigenvalue weighted by atomic mass is 35.5. The number of carbonyl (C=O) groups excluding carboxylic acids is 1. The first-order chi connectivity index (χ1) is 9.10. The van der Waals surface area contributed by atoms with Gasteiger partial charge >= 0.3 is 0 Å². The minimum atomic E-state index is -0.252. The van der Waals surface area contributed by atoms with E-state index in [1.807, 2.05) is 0 Å². The van der Waals surface area contributed by atoms with E-state index < -0.39 is 0 Å². The molecule has 6 nitrogen and oxygen atoms in total. The second kappa shape index (κ2) is 5.27. The molecule has 0 radical (unpaired) electrons. The normalized spacial score (nSPS) is 13.3. The number of nitrogen functional groups attached to an aromatic ring is 1. The molecule has 19 heavy (non-hydrogen) atoms. The Kier molecular flexibility index (Phi) is 3.71. The fraction of sp³-hybridized carbons (Fsp3) is 0.250. The molecule has 1 aliphatic heterocycles. The summed E-state index contributed by atoms with van der Waals surface area (Å²) in [4.78, 5) is 13.8. The number of amides is 1. The topological polar surface area (TPSA) is 76.8 Å². The van der Waals surface area contributed by atoms with Gasteiger partial charge in [0, 0.05) is 12.4 Å². The molecule has 1 aromatic rings. The zero-order chi connectivity index (χ0) is 14.0. The highest BCUT2D eigenvalue weighted by molar-refractivity contribution is 6.34. The van der Waals surface area contributed by atoms with Crippen molar-refractivity contribution in [3.63, 3.8) is 0 Å². The molecule has 0 spiro atoms. The van der Waals surface area contributed by atoms with Gasteiger partial charge in [0.2, 0.25) is 0 Å². The van der Waals surface area contributed by atoms with Gasteiger partial charge in [-0.1, -0.05) is 11.6 Å². The fourth-order valence-electron chi connectivity index (χ4n) is 1.83. The van der Waals surface area contributed by atoms with Crippen LogP contribution in [0.3, 0.4) is 0 Å². The number of halogens is 1. The first-order valence-electron chi connectivity index (χ1n) is 5.51. The van der Waals surface area contributed by atoms with Crippen molar-refractivity contribution >= 4 is 23.2 Å². The van der Waals surface area contributed by atoms with Gasteiger partial charge in [-0.05, 0) is 6.07 Å². The smallest absolute Gasteiger partial charge is 0.263 e. The second-order valence-electron chi connectivity index (χ2n) is 3.84. The Bertz CT molecular complexity index is 546. The zero-order valence-corrected chi connectivity index (χ0v) is 11.3. The number of hydrogen-bond donors (Lipinski definition) is 2. The van der Waals surface area contributed by atoms with Crippen LogP contribution in [0, 0.1) is 0 Å². The van der Waals surface area contributed by atoms with Crippen molar-refractivity contribution in [2.24, 2.45) is 0 Å². The second-order valence-corrected chi connectivity index (χ2v) is 4.25. The maximum Gasteiger partial charge on any atom is 0.263 e. The van der Waals surface area contributed by atoms with Crippen LogP contribution in [0.4, 0.5) is 5.69 Å². The van der Waals surface area contributed by atoms with Crippen LogP contribution in [-0.4, -0.2) is 31.7 Å². The molecule has 1 aliphatic rings. The molecule has 0 saturated carbocycles. The molecule has 102 valence electrons. The van der Waals surface area contributed by atoms with E-state index in [2.05, 4.69) is 5.32 Å². The summed E-state index contributed by atoms with van der Waals surface area (Å²) >= 11 is 6.01. The number of rotatable bonds is 3. The highest BCUT2D eigenvalue weighted by Gasteiger charge is 2.25. The van der Waals surface area contributed by atoms with Gasteiger partial charge in [-0.25, -0.2) is 0 Å². The minimum absolute atomic E-state index is 0.243. The van der Waals surface area contributed by atoms with Crippen LogP contribution in [-0.2, 0) is 0 Å². The Balaban J connectivity index is 2.52. The summed E-state index contributed by atoms with van der Waals surface area (Å²) in [5.41, 5.74) is 6.35. The van der Waals surface area contributed by atoms with Gasteiger partial charge in [-0.2, -0.15) is 0 Å². The molecule has 0 aliphatic carbocycles. The van der Waals surface area contributed by atoms with Gasteiger partial charge in [-0.15, -0.1) is 0 Å². The predicted octanol–water partition coefficient (Wildman–Crippen LogP) is 1.41. The molecule has 0 bridgehead atoms. The zero-order valence-electron chi connectivity index (χ0n) is 10.6. The van der Waals surface area contributed by atoms with Gasteiger partial charge in [0.1, 0.15) is 0 Å². The number of benzene rings is 1. The Morgan fingerprint density at radius 2 is 2.11 bits per heavy atom. The van der Waals surface area contributed by atoms with Crippen molar-refractivity contribution in [1.82, 2.24) is 10.2 Å². The molecule has 1 heterocycles. The van der Waals surface area contributed by atoms with Crippen molar-refractivity contribution in [3.05, 3.63) is 29.1 Å². The Labute approximate surface area is 115 Å². The summed E-state index contributed by atoms with van der Waals surface area (Å²) in [6.45, 7) is 0.395. The fourth-order valence-corrected chi connectivity index (χ4v) is 2.02. The summed E-state index contributed by atoms with van der Waals surface area (Å²) in [5.74, 6) is 0.280. The van der Waals surface area contributed by atoms with Crippen LogP contribution in [0.15, 0.2) is 18.5 Å². The molecule has 3 N–H and O–H groups in total. The third kappa shape index (κ3) is 2.26. The SMILES string of the molecule is COc1c(C(=O)N2C=CNC2)cc(Cl)c(N)c1OC. The van der Waals surface area contributed by atoms with E-state index in [1.54, 1.807) is 12.4 Å². The number of methoxy groups -OCH3 is 2. The highest BCUT2D eigenvalue weighted by Crippen LogP contribution is 2.41. The summed E-state index contributed by atoms with van der Waals surface area (Å²) in [6.07, 6.45) is 3.32. The Morgan fingerprint density at radius 1 is 1.42 bits per heavy atom. The van der Waals surface area contributed by atoms with E-state index in [9.17, 15) is 4.79 Å². The molecule has 0 aromatic heterocycles. The van der Waals surface area contributed by atoms with Crippen LogP contribution < -0.4 is 20.5 Å². The van der Waals surface area contributed by atoms with E-state index in [4.69, 9.17) is 26.8 Å². The van der Waals surface area contributed by atoms with E-state index in [-0.39, 0.29) is 28.1 Å². The van der Waals surface area contributed by atoms with Crippen LogP contribution >= 0.6 is 11.6 Å². The summed E-state index contributed by atoms with van der Waals surface area (Å²) in [6, 6.07) is 1.48. The molecular weight excluding hydrogens is 270 g/mol. The van der Waals surface area contributed by atoms with E-state index >= 15 is 0 Å². The van der Waals surface area contributed by atoms with Crippen molar-refractivity contribution < 1.29 is 14.3 Å². The lowest BCUT2D eigenvalue weighted by Gasteiger charge is -2.18. The third-order valence-corrected chi connectivity index (χ3v) is 3.07. The molecule has 1 aromatic carbocycles. The van der Waals surface area contributed by atoms with Crippen molar-refractivity contribution in [2.45, 2.75) is 0 Å². The van der Waals surface area contributed by atoms with Gasteiger partial charge in [0.25, 0.3) is 5.91 Å². The first-order valence-corrected chi connectivity index (χ1v) is 5.89. The molecule has 0 saturated heterocycles. The lowest BCUT2D eigenvalue weighted by Crippen LogP contribution is -2.28. The van der Waals surface area contributed by atoms with Gasteiger partial charge in [0.15, 0.2) is 11.5 Å². The molecule has 0 unspecified atom stereocenters. The van der Waals surface area contributed by atoms with Gasteiger partial charge in [-0.3, -0.25) is 9.69 Å². The van der Waals surface area contributed by atoms with E-state index in [1.165, 1.54) is 25.2 Å². The number of nitrogens with zero attached hydrogens (tertiary/aromatic N) is 1. The average molecular weight is 284 g/mol. The Morgan fingerprint density at radius 3 is 2.63 bits per heavy atom. The summed E-state index contributed by atoms with van der Waals surface area (Å²) in [7, 11) is 2.89. The monoisotopic (exact) mass is 283 g/mol. The molecule has 0 atom stereocenters. The number of ether oxygens (including phenoxy) is 2. The summed E-state index contributed by atoms with van der Waals surface area (Å²) < 4.78 is 10.4. The lowest BCUT2D eigenvalue weighted by molar-refractivity contribution is 0.0825. The largest absolute Gasteiger partial charge is 0.492 e. The van der Waals surface area contributed by atoms with Crippen LogP contribution in [0.5, 0.6) is 11.5 Å². The number of nitrogens with two attached hydrogens (primary N) is 1. The Hall–Kier alpha value is -2.08. The molecule has 1 amide bonds.